The van der Waals surface area contributed by atoms with Gasteiger partial charge in [-0.25, -0.2) is 0 Å². The van der Waals surface area contributed by atoms with E-state index in [0.717, 1.165) is 12.1 Å². The quantitative estimate of drug-likeness (QED) is 0.677. The average molecular weight is 439 g/mol. The maximum atomic E-state index is 12.7. The highest BCUT2D eigenvalue weighted by molar-refractivity contribution is 9.10. The molecule has 0 aromatic heterocycles. The Hall–Kier alpha value is -1.54. The summed E-state index contributed by atoms with van der Waals surface area (Å²) in [5, 5.41) is 12.1. The summed E-state index contributed by atoms with van der Waals surface area (Å²) in [6, 6.07) is 7.48. The molecule has 0 aliphatic rings. The molecule has 0 spiro atoms. The third-order valence-corrected chi connectivity index (χ3v) is 3.81. The molecule has 0 heterocycles. The number of aromatic hydroxyl groups is 1. The molecule has 0 saturated carbocycles. The highest BCUT2D eigenvalue weighted by atomic mass is 79.9. The SMILES string of the molecule is O=C(Nc1cc(Br)cc(C(F)(F)F)c1)c1cccc(Br)c1O. The van der Waals surface area contributed by atoms with Gasteiger partial charge in [-0.05, 0) is 46.3 Å². The van der Waals surface area contributed by atoms with Crippen LogP contribution in [0.4, 0.5) is 18.9 Å². The Morgan fingerprint density at radius 3 is 2.45 bits per heavy atom. The summed E-state index contributed by atoms with van der Waals surface area (Å²) in [5.41, 5.74) is -0.982. The number of amides is 1. The van der Waals surface area contributed by atoms with Crippen molar-refractivity contribution in [3.8, 4) is 5.75 Å². The van der Waals surface area contributed by atoms with Crippen molar-refractivity contribution in [3.05, 3.63) is 56.5 Å². The number of phenolic OH excluding ortho intramolecular Hbond substituents is 1. The van der Waals surface area contributed by atoms with E-state index in [-0.39, 0.29) is 21.5 Å². The first-order valence-electron chi connectivity index (χ1n) is 5.85. The maximum absolute atomic E-state index is 12.7. The van der Waals surface area contributed by atoms with Gasteiger partial charge in [-0.3, -0.25) is 4.79 Å². The molecule has 0 saturated heterocycles. The van der Waals surface area contributed by atoms with Gasteiger partial charge in [0.25, 0.3) is 5.91 Å². The van der Waals surface area contributed by atoms with Crippen LogP contribution in [0.15, 0.2) is 45.3 Å². The highest BCUT2D eigenvalue weighted by Gasteiger charge is 2.31. The smallest absolute Gasteiger partial charge is 0.416 e. The van der Waals surface area contributed by atoms with Gasteiger partial charge in [0.15, 0.2) is 0 Å². The van der Waals surface area contributed by atoms with Crippen LogP contribution in [0.25, 0.3) is 0 Å². The zero-order chi connectivity index (χ0) is 16.5. The molecule has 116 valence electrons. The lowest BCUT2D eigenvalue weighted by atomic mass is 10.1. The summed E-state index contributed by atoms with van der Waals surface area (Å²) in [4.78, 5) is 12.1. The Morgan fingerprint density at radius 1 is 1.14 bits per heavy atom. The third-order valence-electron chi connectivity index (χ3n) is 2.71. The van der Waals surface area contributed by atoms with Crippen molar-refractivity contribution in [1.82, 2.24) is 0 Å². The summed E-state index contributed by atoms with van der Waals surface area (Å²) in [7, 11) is 0. The van der Waals surface area contributed by atoms with Crippen LogP contribution < -0.4 is 5.32 Å². The Bertz CT molecular complexity index is 733. The Balaban J connectivity index is 2.33. The molecule has 0 radical (unpaired) electrons. The van der Waals surface area contributed by atoms with Crippen LogP contribution in [-0.2, 0) is 6.18 Å². The minimum absolute atomic E-state index is 0.0360. The lowest BCUT2D eigenvalue weighted by molar-refractivity contribution is -0.137. The van der Waals surface area contributed by atoms with Crippen LogP contribution in [-0.4, -0.2) is 11.0 Å². The fraction of sp³-hybridized carbons (Fsp3) is 0.0714. The van der Waals surface area contributed by atoms with Crippen LogP contribution in [0.1, 0.15) is 15.9 Å². The lowest BCUT2D eigenvalue weighted by Crippen LogP contribution is -2.13. The number of rotatable bonds is 2. The van der Waals surface area contributed by atoms with Gasteiger partial charge in [-0.2, -0.15) is 13.2 Å². The van der Waals surface area contributed by atoms with Crippen LogP contribution in [0.5, 0.6) is 5.75 Å². The number of carbonyl (C=O) groups excluding carboxylic acids is 1. The fourth-order valence-electron chi connectivity index (χ4n) is 1.72. The Labute approximate surface area is 140 Å². The van der Waals surface area contributed by atoms with E-state index < -0.39 is 17.6 Å². The van der Waals surface area contributed by atoms with Crippen molar-refractivity contribution in [1.29, 1.82) is 0 Å². The molecule has 0 aliphatic carbocycles. The summed E-state index contributed by atoms with van der Waals surface area (Å²) in [5.74, 6) is -1.00. The largest absolute Gasteiger partial charge is 0.506 e. The molecule has 0 atom stereocenters. The summed E-state index contributed by atoms with van der Waals surface area (Å²) in [6.07, 6.45) is -4.53. The minimum Gasteiger partial charge on any atom is -0.506 e. The summed E-state index contributed by atoms with van der Waals surface area (Å²) in [6.45, 7) is 0. The number of alkyl halides is 3. The molecule has 2 N–H and O–H groups in total. The summed E-state index contributed by atoms with van der Waals surface area (Å²) >= 11 is 6.03. The van der Waals surface area contributed by atoms with Crippen molar-refractivity contribution in [3.63, 3.8) is 0 Å². The maximum Gasteiger partial charge on any atom is 0.416 e. The van der Waals surface area contributed by atoms with E-state index in [4.69, 9.17) is 0 Å². The van der Waals surface area contributed by atoms with Crippen molar-refractivity contribution in [2.24, 2.45) is 0 Å². The number of nitrogens with one attached hydrogen (secondary N) is 1. The van der Waals surface area contributed by atoms with E-state index in [1.54, 1.807) is 0 Å². The van der Waals surface area contributed by atoms with Crippen molar-refractivity contribution in [2.45, 2.75) is 6.18 Å². The molecule has 3 nitrogen and oxygen atoms in total. The Morgan fingerprint density at radius 2 is 1.82 bits per heavy atom. The van der Waals surface area contributed by atoms with E-state index in [0.29, 0.717) is 4.47 Å². The van der Waals surface area contributed by atoms with Gasteiger partial charge < -0.3 is 10.4 Å². The standard InChI is InChI=1S/C14H8Br2F3NO2/c15-8-4-7(14(17,18)19)5-9(6-8)20-13(22)10-2-1-3-11(16)12(10)21/h1-6,21H,(H,20,22). The molecular weight excluding hydrogens is 431 g/mol. The molecule has 2 aromatic rings. The second-order valence-corrected chi connectivity index (χ2v) is 6.09. The van der Waals surface area contributed by atoms with Crippen LogP contribution in [0.3, 0.4) is 0 Å². The van der Waals surface area contributed by atoms with E-state index in [2.05, 4.69) is 37.2 Å². The first kappa shape index (κ1) is 16.8. The number of halogens is 5. The van der Waals surface area contributed by atoms with E-state index in [9.17, 15) is 23.1 Å². The van der Waals surface area contributed by atoms with Gasteiger partial charge >= 0.3 is 6.18 Å². The molecule has 0 unspecified atom stereocenters. The molecule has 0 fully saturated rings. The number of para-hydroxylation sites is 1. The van der Waals surface area contributed by atoms with Gasteiger partial charge in [0.2, 0.25) is 0 Å². The van der Waals surface area contributed by atoms with E-state index in [1.165, 1.54) is 24.3 Å². The number of benzene rings is 2. The van der Waals surface area contributed by atoms with Gasteiger partial charge in [0.05, 0.1) is 15.6 Å². The normalized spacial score (nSPS) is 11.3. The molecule has 22 heavy (non-hydrogen) atoms. The number of phenols is 1. The molecule has 2 aromatic carbocycles. The van der Waals surface area contributed by atoms with Crippen LogP contribution in [0, 0.1) is 0 Å². The molecule has 0 bridgehead atoms. The summed E-state index contributed by atoms with van der Waals surface area (Å²) < 4.78 is 38.7. The number of hydrogen-bond donors (Lipinski definition) is 2. The van der Waals surface area contributed by atoms with E-state index >= 15 is 0 Å². The van der Waals surface area contributed by atoms with Crippen molar-refractivity contribution >= 4 is 43.5 Å². The second-order valence-electron chi connectivity index (χ2n) is 4.32. The lowest BCUT2D eigenvalue weighted by Gasteiger charge is -2.12. The first-order valence-corrected chi connectivity index (χ1v) is 7.43. The highest BCUT2D eigenvalue weighted by Crippen LogP contribution is 2.34. The zero-order valence-corrected chi connectivity index (χ0v) is 13.9. The molecule has 2 rings (SSSR count). The van der Waals surface area contributed by atoms with E-state index in [1.807, 2.05) is 0 Å². The fourth-order valence-corrected chi connectivity index (χ4v) is 2.58. The number of carbonyl (C=O) groups is 1. The zero-order valence-electron chi connectivity index (χ0n) is 10.7. The second kappa shape index (κ2) is 6.29. The molecule has 1 amide bonds. The molecular formula is C14H8Br2F3NO2. The predicted molar refractivity (Wildman–Crippen MR) is 82.9 cm³/mol. The average Bonchev–Trinajstić information content (AvgIpc) is 2.40. The van der Waals surface area contributed by atoms with Crippen LogP contribution >= 0.6 is 31.9 Å². The van der Waals surface area contributed by atoms with Gasteiger partial charge in [0.1, 0.15) is 5.75 Å². The predicted octanol–water partition coefficient (Wildman–Crippen LogP) is 5.19. The van der Waals surface area contributed by atoms with Gasteiger partial charge in [0, 0.05) is 10.2 Å². The molecule has 8 heteroatoms. The number of anilines is 1. The van der Waals surface area contributed by atoms with Gasteiger partial charge in [-0.15, -0.1) is 0 Å². The molecule has 0 aliphatic heterocycles. The van der Waals surface area contributed by atoms with Crippen molar-refractivity contribution < 1.29 is 23.1 Å². The van der Waals surface area contributed by atoms with Crippen LogP contribution in [0.2, 0.25) is 0 Å². The topological polar surface area (TPSA) is 49.3 Å². The Kier molecular flexibility index (Phi) is 4.81. The third kappa shape index (κ3) is 3.80. The minimum atomic E-state index is -4.53. The van der Waals surface area contributed by atoms with Crippen molar-refractivity contribution in [2.75, 3.05) is 5.32 Å². The first-order chi connectivity index (χ1) is 10.2. The number of hydrogen-bond acceptors (Lipinski definition) is 2. The monoisotopic (exact) mass is 437 g/mol. The van der Waals surface area contributed by atoms with Gasteiger partial charge in [-0.1, -0.05) is 22.0 Å².